The fourth-order valence-electron chi connectivity index (χ4n) is 2.02. The number of rotatable bonds is 6. The number of aryl methyl sites for hydroxylation is 1. The third kappa shape index (κ3) is 4.11. The van der Waals surface area contributed by atoms with E-state index in [-0.39, 0.29) is 5.97 Å². The molecule has 0 radical (unpaired) electrons. The van der Waals surface area contributed by atoms with Crippen LogP contribution >= 0.6 is 23.1 Å². The topological polar surface area (TPSA) is 42.4 Å². The van der Waals surface area contributed by atoms with Crippen LogP contribution in [0.25, 0.3) is 0 Å². The Balaban J connectivity index is 1.86. The van der Waals surface area contributed by atoms with E-state index in [0.717, 1.165) is 10.8 Å². The van der Waals surface area contributed by atoms with E-state index in [1.54, 1.807) is 11.3 Å². The predicted octanol–water partition coefficient (Wildman–Crippen LogP) is 2.58. The Kier molecular flexibility index (Phi) is 5.51. The summed E-state index contributed by atoms with van der Waals surface area (Å²) in [4.78, 5) is 18.2. The van der Waals surface area contributed by atoms with E-state index in [0.29, 0.717) is 25.5 Å². The monoisotopic (exact) mass is 300 g/mol. The van der Waals surface area contributed by atoms with Gasteiger partial charge in [-0.1, -0.05) is 0 Å². The fraction of sp³-hybridized carbons (Fsp3) is 0.692. The summed E-state index contributed by atoms with van der Waals surface area (Å²) >= 11 is 3.67. The number of thioether (sulfide) groups is 1. The van der Waals surface area contributed by atoms with Crippen LogP contribution in [0.5, 0.6) is 0 Å². The molecule has 2 rings (SSSR count). The highest BCUT2D eigenvalue weighted by atomic mass is 32.2. The van der Waals surface area contributed by atoms with Crippen molar-refractivity contribution in [2.45, 2.75) is 32.2 Å². The highest BCUT2D eigenvalue weighted by Crippen LogP contribution is 2.28. The van der Waals surface area contributed by atoms with E-state index in [1.165, 1.54) is 17.9 Å². The molecule has 1 unspecified atom stereocenters. The molecule has 1 aliphatic heterocycles. The van der Waals surface area contributed by atoms with Gasteiger partial charge in [0.05, 0.1) is 18.7 Å². The lowest BCUT2D eigenvalue weighted by atomic mass is 10.2. The predicted molar refractivity (Wildman–Crippen MR) is 81.2 cm³/mol. The Hall–Kier alpha value is -0.750. The van der Waals surface area contributed by atoms with E-state index in [1.807, 2.05) is 24.1 Å². The van der Waals surface area contributed by atoms with Gasteiger partial charge in [-0.3, -0.25) is 4.79 Å². The molecule has 1 aromatic rings. The summed E-state index contributed by atoms with van der Waals surface area (Å²) in [5, 5.41) is 3.11. The normalized spacial score (nSPS) is 18.5. The standard InChI is InChI=1S/C13H20N2O2S2/c1-3-17-12(16)5-4-10-8-19-13(14-10)15(2)11-6-7-18-9-11/h8,11H,3-7,9H2,1-2H3. The van der Waals surface area contributed by atoms with E-state index in [4.69, 9.17) is 4.74 Å². The number of esters is 1. The first-order chi connectivity index (χ1) is 9.20. The minimum Gasteiger partial charge on any atom is -0.466 e. The first-order valence-corrected chi connectivity index (χ1v) is 8.64. The van der Waals surface area contributed by atoms with Gasteiger partial charge >= 0.3 is 5.97 Å². The zero-order chi connectivity index (χ0) is 13.7. The van der Waals surface area contributed by atoms with Crippen molar-refractivity contribution in [1.29, 1.82) is 0 Å². The molecule has 1 aromatic heterocycles. The van der Waals surface area contributed by atoms with Crippen molar-refractivity contribution in [2.75, 3.05) is 30.1 Å². The molecule has 1 atom stereocenters. The highest BCUT2D eigenvalue weighted by Gasteiger charge is 2.22. The Labute approximate surface area is 122 Å². The Bertz CT molecular complexity index is 417. The molecule has 4 nitrogen and oxygen atoms in total. The molecular formula is C13H20N2O2S2. The fourth-order valence-corrected chi connectivity index (χ4v) is 4.19. The van der Waals surface area contributed by atoms with Gasteiger partial charge in [0.25, 0.3) is 0 Å². The highest BCUT2D eigenvalue weighted by molar-refractivity contribution is 7.99. The molecule has 0 aromatic carbocycles. The minimum absolute atomic E-state index is 0.141. The lowest BCUT2D eigenvalue weighted by molar-refractivity contribution is -0.143. The average molecular weight is 300 g/mol. The molecule has 1 fully saturated rings. The molecule has 0 N–H and O–H groups in total. The van der Waals surface area contributed by atoms with Crippen LogP contribution in [0.15, 0.2) is 5.38 Å². The van der Waals surface area contributed by atoms with Crippen molar-refractivity contribution in [2.24, 2.45) is 0 Å². The van der Waals surface area contributed by atoms with Crippen LogP contribution in [-0.2, 0) is 16.0 Å². The Morgan fingerprint density at radius 3 is 3.16 bits per heavy atom. The lowest BCUT2D eigenvalue weighted by Crippen LogP contribution is -2.31. The molecule has 106 valence electrons. The maximum Gasteiger partial charge on any atom is 0.306 e. The molecular weight excluding hydrogens is 280 g/mol. The number of thiazole rings is 1. The summed E-state index contributed by atoms with van der Waals surface area (Å²) < 4.78 is 4.92. The SMILES string of the molecule is CCOC(=O)CCc1csc(N(C)C2CCSC2)n1. The van der Waals surface area contributed by atoms with Gasteiger partial charge in [-0.2, -0.15) is 11.8 Å². The number of nitrogens with zero attached hydrogens (tertiary/aromatic N) is 2. The summed E-state index contributed by atoms with van der Waals surface area (Å²) in [5.74, 6) is 2.29. The first-order valence-electron chi connectivity index (χ1n) is 6.61. The quantitative estimate of drug-likeness (QED) is 0.755. The molecule has 0 saturated carbocycles. The summed E-state index contributed by atoms with van der Waals surface area (Å²) in [7, 11) is 2.12. The van der Waals surface area contributed by atoms with Gasteiger partial charge < -0.3 is 9.64 Å². The zero-order valence-corrected chi connectivity index (χ0v) is 13.1. The molecule has 0 aliphatic carbocycles. The van der Waals surface area contributed by atoms with Crippen molar-refractivity contribution in [3.63, 3.8) is 0 Å². The first kappa shape index (κ1) is 14.7. The van der Waals surface area contributed by atoms with Crippen molar-refractivity contribution in [3.8, 4) is 0 Å². The summed E-state index contributed by atoms with van der Waals surface area (Å²) in [6, 6.07) is 0.606. The third-order valence-corrected chi connectivity index (χ3v) is 5.31. The molecule has 2 heterocycles. The number of anilines is 1. The molecule has 1 aliphatic rings. The van der Waals surface area contributed by atoms with Crippen LogP contribution in [0.1, 0.15) is 25.5 Å². The van der Waals surface area contributed by atoms with Crippen molar-refractivity contribution >= 4 is 34.2 Å². The van der Waals surface area contributed by atoms with Gasteiger partial charge in [0.2, 0.25) is 0 Å². The van der Waals surface area contributed by atoms with Crippen molar-refractivity contribution in [1.82, 2.24) is 4.98 Å². The van der Waals surface area contributed by atoms with Crippen LogP contribution < -0.4 is 4.90 Å². The third-order valence-electron chi connectivity index (χ3n) is 3.19. The van der Waals surface area contributed by atoms with Gasteiger partial charge in [0.15, 0.2) is 5.13 Å². The number of carbonyl (C=O) groups is 1. The van der Waals surface area contributed by atoms with Gasteiger partial charge in [-0.25, -0.2) is 4.98 Å². The number of ether oxygens (including phenoxy) is 1. The molecule has 0 amide bonds. The number of carbonyl (C=O) groups excluding carboxylic acids is 1. The van der Waals surface area contributed by atoms with E-state index in [2.05, 4.69) is 16.9 Å². The second-order valence-corrected chi connectivity index (χ2v) is 6.54. The molecule has 6 heteroatoms. The number of hydrogen-bond donors (Lipinski definition) is 0. The molecule has 1 saturated heterocycles. The minimum atomic E-state index is -0.141. The van der Waals surface area contributed by atoms with Gasteiger partial charge in [-0.05, 0) is 19.1 Å². The second kappa shape index (κ2) is 7.14. The second-order valence-electron chi connectivity index (χ2n) is 4.55. The summed E-state index contributed by atoms with van der Waals surface area (Å²) in [6.45, 7) is 2.27. The molecule has 0 spiro atoms. The van der Waals surface area contributed by atoms with E-state index >= 15 is 0 Å². The van der Waals surface area contributed by atoms with Crippen LogP contribution in [-0.4, -0.2) is 42.2 Å². The largest absolute Gasteiger partial charge is 0.466 e. The molecule has 0 bridgehead atoms. The number of aromatic nitrogens is 1. The van der Waals surface area contributed by atoms with Gasteiger partial charge in [0, 0.05) is 30.6 Å². The van der Waals surface area contributed by atoms with Crippen LogP contribution in [0.2, 0.25) is 0 Å². The van der Waals surface area contributed by atoms with Crippen molar-refractivity contribution in [3.05, 3.63) is 11.1 Å². The van der Waals surface area contributed by atoms with E-state index in [9.17, 15) is 4.79 Å². The Morgan fingerprint density at radius 2 is 2.47 bits per heavy atom. The summed E-state index contributed by atoms with van der Waals surface area (Å²) in [6.07, 6.45) is 2.32. The van der Waals surface area contributed by atoms with Crippen LogP contribution in [0.3, 0.4) is 0 Å². The molecule has 19 heavy (non-hydrogen) atoms. The van der Waals surface area contributed by atoms with Gasteiger partial charge in [0.1, 0.15) is 0 Å². The van der Waals surface area contributed by atoms with Crippen LogP contribution in [0.4, 0.5) is 5.13 Å². The smallest absolute Gasteiger partial charge is 0.306 e. The summed E-state index contributed by atoms with van der Waals surface area (Å²) in [5.41, 5.74) is 0.991. The van der Waals surface area contributed by atoms with Crippen molar-refractivity contribution < 1.29 is 9.53 Å². The lowest BCUT2D eigenvalue weighted by Gasteiger charge is -2.22. The Morgan fingerprint density at radius 1 is 1.63 bits per heavy atom. The maximum atomic E-state index is 11.3. The zero-order valence-electron chi connectivity index (χ0n) is 11.4. The number of hydrogen-bond acceptors (Lipinski definition) is 6. The van der Waals surface area contributed by atoms with E-state index < -0.39 is 0 Å². The van der Waals surface area contributed by atoms with Crippen LogP contribution in [0, 0.1) is 0 Å². The maximum absolute atomic E-state index is 11.3. The van der Waals surface area contributed by atoms with Gasteiger partial charge in [-0.15, -0.1) is 11.3 Å². The average Bonchev–Trinajstić information content (AvgIpc) is 3.07.